The Kier molecular flexibility index (Phi) is 14.7. The van der Waals surface area contributed by atoms with Gasteiger partial charge in [0, 0.05) is 5.41 Å². The van der Waals surface area contributed by atoms with Gasteiger partial charge in [0.25, 0.3) is 0 Å². The summed E-state index contributed by atoms with van der Waals surface area (Å²) in [5.41, 5.74) is 0.375. The first kappa shape index (κ1) is 29.3. The Bertz CT molecular complexity index is 707. The van der Waals surface area contributed by atoms with E-state index >= 15 is 0 Å². The van der Waals surface area contributed by atoms with Crippen LogP contribution in [-0.4, -0.2) is 45.6 Å². The normalized spacial score (nSPS) is 12.3. The third kappa shape index (κ3) is 9.62. The summed E-state index contributed by atoms with van der Waals surface area (Å²) in [6.07, 6.45) is 3.19. The van der Waals surface area contributed by atoms with Gasteiger partial charge in [-0.15, -0.1) is 0 Å². The van der Waals surface area contributed by atoms with Gasteiger partial charge in [0.2, 0.25) is 0 Å². The van der Waals surface area contributed by atoms with E-state index in [1.807, 2.05) is 0 Å². The second kappa shape index (κ2) is 16.0. The molecule has 0 saturated heterocycles. The van der Waals surface area contributed by atoms with Gasteiger partial charge in [0.1, 0.15) is 0 Å². The molecule has 0 radical (unpaired) electrons. The molecule has 2 unspecified atom stereocenters. The van der Waals surface area contributed by atoms with Crippen molar-refractivity contribution in [1.29, 1.82) is 0 Å². The molecule has 0 saturated carbocycles. The van der Waals surface area contributed by atoms with Gasteiger partial charge >= 0.3 is 11.9 Å². The molecular weight excluding hydrogens is 408 g/mol. The zero-order valence-corrected chi connectivity index (χ0v) is 19.6. The number of hydrogen-bond acceptors (Lipinski definition) is 4. The number of carboxylic acids is 2. The van der Waals surface area contributed by atoms with Gasteiger partial charge in [-0.2, -0.15) is 0 Å². The maximum absolute atomic E-state index is 10.2. The molecule has 32 heavy (non-hydrogen) atoms. The van der Waals surface area contributed by atoms with Crippen LogP contribution in [0, 0.1) is 17.3 Å². The molecule has 0 aliphatic heterocycles. The number of hydrogen-bond donors (Lipinski definition) is 4. The van der Waals surface area contributed by atoms with Crippen LogP contribution in [0.1, 0.15) is 67.7 Å². The Morgan fingerprint density at radius 1 is 0.750 bits per heavy atom. The fourth-order valence-corrected chi connectivity index (χ4v) is 3.45. The predicted molar refractivity (Wildman–Crippen MR) is 127 cm³/mol. The Labute approximate surface area is 191 Å². The van der Waals surface area contributed by atoms with Crippen molar-refractivity contribution in [2.45, 2.75) is 47.0 Å². The number of aliphatic hydroxyl groups excluding tert-OH is 2. The van der Waals surface area contributed by atoms with Crippen LogP contribution in [0.3, 0.4) is 0 Å². The van der Waals surface area contributed by atoms with Crippen LogP contribution in [-0.2, 0) is 0 Å². The van der Waals surface area contributed by atoms with Crippen molar-refractivity contribution in [1.82, 2.24) is 0 Å². The lowest BCUT2D eigenvalue weighted by atomic mass is 9.66. The molecule has 178 valence electrons. The number of aliphatic hydroxyl groups is 2. The molecule has 0 spiro atoms. The monoisotopic (exact) mass is 446 g/mol. The second-order valence-electron chi connectivity index (χ2n) is 7.89. The first-order valence-electron chi connectivity index (χ1n) is 11.0. The minimum atomic E-state index is -0.879. The van der Waals surface area contributed by atoms with Crippen LogP contribution >= 0.6 is 0 Å². The molecule has 4 N–H and O–H groups in total. The maximum Gasteiger partial charge on any atom is 0.335 e. The van der Waals surface area contributed by atoms with Crippen molar-refractivity contribution in [3.05, 3.63) is 71.8 Å². The quantitative estimate of drug-likeness (QED) is 0.420. The van der Waals surface area contributed by atoms with Crippen molar-refractivity contribution < 1.29 is 30.0 Å². The lowest BCUT2D eigenvalue weighted by Crippen LogP contribution is -2.42. The average molecular weight is 447 g/mol. The van der Waals surface area contributed by atoms with Crippen LogP contribution in [0.25, 0.3) is 0 Å². The van der Waals surface area contributed by atoms with Gasteiger partial charge in [-0.1, -0.05) is 83.4 Å². The van der Waals surface area contributed by atoms with Crippen molar-refractivity contribution in [2.24, 2.45) is 17.3 Å². The van der Waals surface area contributed by atoms with Crippen molar-refractivity contribution in [3.63, 3.8) is 0 Å². The average Bonchev–Trinajstić information content (AvgIpc) is 2.82. The molecule has 0 heterocycles. The molecule has 0 amide bonds. The van der Waals surface area contributed by atoms with Gasteiger partial charge in [-0.05, 0) is 36.1 Å². The molecule has 2 aromatic carbocycles. The Morgan fingerprint density at radius 2 is 1.12 bits per heavy atom. The number of aromatic carboxylic acids is 2. The van der Waals surface area contributed by atoms with Crippen LogP contribution < -0.4 is 0 Å². The van der Waals surface area contributed by atoms with Gasteiger partial charge in [-0.25, -0.2) is 9.59 Å². The highest BCUT2D eigenvalue weighted by atomic mass is 16.4. The Balaban J connectivity index is 0.000000466. The topological polar surface area (TPSA) is 115 Å². The first-order chi connectivity index (χ1) is 15.2. The molecule has 0 fully saturated rings. The second-order valence-corrected chi connectivity index (χ2v) is 7.89. The van der Waals surface area contributed by atoms with E-state index in [4.69, 9.17) is 10.2 Å². The number of rotatable bonds is 9. The first-order valence-corrected chi connectivity index (χ1v) is 11.0. The summed E-state index contributed by atoms with van der Waals surface area (Å²) in [5.74, 6) is -0.998. The minimum absolute atomic E-state index is 0.0969. The third-order valence-electron chi connectivity index (χ3n) is 5.93. The van der Waals surface area contributed by atoms with Crippen LogP contribution in [0.2, 0.25) is 0 Å². The third-order valence-corrected chi connectivity index (χ3v) is 5.93. The van der Waals surface area contributed by atoms with E-state index < -0.39 is 11.9 Å². The number of carboxylic acid groups (broad SMARTS) is 2. The molecule has 2 atom stereocenters. The van der Waals surface area contributed by atoms with E-state index in [1.165, 1.54) is 0 Å². The lowest BCUT2D eigenvalue weighted by Gasteiger charge is -2.41. The van der Waals surface area contributed by atoms with E-state index in [2.05, 4.69) is 27.7 Å². The Morgan fingerprint density at radius 3 is 1.34 bits per heavy atom. The molecular formula is C26H38O6. The van der Waals surface area contributed by atoms with Crippen molar-refractivity contribution in [2.75, 3.05) is 13.2 Å². The highest BCUT2D eigenvalue weighted by Gasteiger charge is 2.38. The molecule has 0 aliphatic carbocycles. The highest BCUT2D eigenvalue weighted by Crippen LogP contribution is 2.39. The fourth-order valence-electron chi connectivity index (χ4n) is 3.45. The van der Waals surface area contributed by atoms with Crippen molar-refractivity contribution >= 4 is 11.9 Å². The fraction of sp³-hybridized carbons (Fsp3) is 0.462. The SMILES string of the molecule is CCCC(C)C(CO)(CO)C(C)CC.O=C(O)c1ccccc1.O=C(O)c1ccccc1. The molecule has 2 rings (SSSR count). The number of benzene rings is 2. The van der Waals surface area contributed by atoms with Gasteiger partial charge < -0.3 is 20.4 Å². The summed E-state index contributed by atoms with van der Waals surface area (Å²) >= 11 is 0. The van der Waals surface area contributed by atoms with Gasteiger partial charge in [-0.3, -0.25) is 0 Å². The van der Waals surface area contributed by atoms with E-state index in [9.17, 15) is 19.8 Å². The summed E-state index contributed by atoms with van der Waals surface area (Å²) in [7, 11) is 0. The Hall–Kier alpha value is -2.70. The smallest absolute Gasteiger partial charge is 0.335 e. The lowest BCUT2D eigenvalue weighted by molar-refractivity contribution is -0.0374. The summed E-state index contributed by atoms with van der Waals surface area (Å²) < 4.78 is 0. The van der Waals surface area contributed by atoms with Crippen LogP contribution in [0.5, 0.6) is 0 Å². The summed E-state index contributed by atoms with van der Waals surface area (Å²) in [4.78, 5) is 20.4. The van der Waals surface area contributed by atoms with Crippen LogP contribution in [0.15, 0.2) is 60.7 Å². The highest BCUT2D eigenvalue weighted by molar-refractivity contribution is 5.87. The molecule has 0 aromatic heterocycles. The van der Waals surface area contributed by atoms with E-state index in [1.54, 1.807) is 60.7 Å². The van der Waals surface area contributed by atoms with Gasteiger partial charge in [0.05, 0.1) is 24.3 Å². The molecule has 0 bridgehead atoms. The van der Waals surface area contributed by atoms with E-state index in [-0.39, 0.29) is 18.6 Å². The minimum Gasteiger partial charge on any atom is -0.478 e. The standard InChI is InChI=1S/C12H26O2.2C7H6O2/c1-5-7-11(4)12(8-13,9-14)10(3)6-2;2*8-7(9)6-4-2-1-3-5-6/h10-11,13-14H,5-9H2,1-4H3;2*1-5H,(H,8,9). The summed E-state index contributed by atoms with van der Waals surface area (Å²) in [6.45, 7) is 8.72. The molecule has 6 nitrogen and oxygen atoms in total. The van der Waals surface area contributed by atoms with Crippen molar-refractivity contribution in [3.8, 4) is 0 Å². The zero-order chi connectivity index (χ0) is 24.6. The number of carbonyl (C=O) groups is 2. The summed E-state index contributed by atoms with van der Waals surface area (Å²) in [6, 6.07) is 16.6. The van der Waals surface area contributed by atoms with E-state index in [0.717, 1.165) is 19.3 Å². The predicted octanol–water partition coefficient (Wildman–Crippen LogP) is 5.21. The van der Waals surface area contributed by atoms with Gasteiger partial charge in [0.15, 0.2) is 0 Å². The zero-order valence-electron chi connectivity index (χ0n) is 19.6. The molecule has 2 aromatic rings. The summed E-state index contributed by atoms with van der Waals surface area (Å²) in [5, 5.41) is 35.8. The molecule has 6 heteroatoms. The van der Waals surface area contributed by atoms with Crippen LogP contribution in [0.4, 0.5) is 0 Å². The van der Waals surface area contributed by atoms with E-state index in [0.29, 0.717) is 23.0 Å². The molecule has 0 aliphatic rings. The maximum atomic E-state index is 10.2. The largest absolute Gasteiger partial charge is 0.478 e.